The Kier molecular flexibility index (Phi) is 4.77. The Bertz CT molecular complexity index is 833. The van der Waals surface area contributed by atoms with Crippen LogP contribution in [0.3, 0.4) is 0 Å². The zero-order valence-corrected chi connectivity index (χ0v) is 14.6. The summed E-state index contributed by atoms with van der Waals surface area (Å²) in [7, 11) is 0. The van der Waals surface area contributed by atoms with Crippen LogP contribution in [0.4, 0.5) is 0 Å². The molecule has 1 saturated heterocycles. The Morgan fingerprint density at radius 3 is 2.75 bits per heavy atom. The van der Waals surface area contributed by atoms with Crippen LogP contribution in [0, 0.1) is 12.8 Å². The topological polar surface area (TPSA) is 84.3 Å². The van der Waals surface area contributed by atoms with Gasteiger partial charge < -0.3 is 0 Å². The molecule has 0 bridgehead atoms. The van der Waals surface area contributed by atoms with Gasteiger partial charge in [0.2, 0.25) is 0 Å². The van der Waals surface area contributed by atoms with E-state index in [4.69, 9.17) is 0 Å². The number of hydrogen-bond acceptors (Lipinski definition) is 6. The van der Waals surface area contributed by atoms with E-state index >= 15 is 0 Å². The molecule has 8 heteroatoms. The van der Waals surface area contributed by atoms with E-state index in [1.165, 1.54) is 16.0 Å². The third kappa shape index (κ3) is 3.39. The van der Waals surface area contributed by atoms with Crippen LogP contribution in [0.1, 0.15) is 25.6 Å². The van der Waals surface area contributed by atoms with Gasteiger partial charge in [0.25, 0.3) is 11.5 Å². The monoisotopic (exact) mass is 348 g/mol. The summed E-state index contributed by atoms with van der Waals surface area (Å²) >= 11 is 1.40. The molecular formula is C16H20N4O3S. The number of nitrogens with zero attached hydrogens (tertiary/aromatic N) is 3. The fourth-order valence-electron chi connectivity index (χ4n) is 3.01. The maximum absolute atomic E-state index is 12.4. The van der Waals surface area contributed by atoms with Gasteiger partial charge >= 0.3 is 0 Å². The number of nitrogens with one attached hydrogen (secondary N) is 1. The van der Waals surface area contributed by atoms with Gasteiger partial charge in [0, 0.05) is 5.92 Å². The van der Waals surface area contributed by atoms with Crippen molar-refractivity contribution in [2.75, 3.05) is 25.1 Å². The molecule has 0 aliphatic carbocycles. The zero-order valence-electron chi connectivity index (χ0n) is 13.7. The van der Waals surface area contributed by atoms with E-state index in [9.17, 15) is 14.4 Å². The van der Waals surface area contributed by atoms with Gasteiger partial charge in [0.15, 0.2) is 0 Å². The van der Waals surface area contributed by atoms with Gasteiger partial charge in [-0.1, -0.05) is 0 Å². The predicted molar refractivity (Wildman–Crippen MR) is 92.8 cm³/mol. The highest BCUT2D eigenvalue weighted by atomic mass is 32.1. The van der Waals surface area contributed by atoms with E-state index in [1.807, 2.05) is 10.3 Å². The van der Waals surface area contributed by atoms with Crippen molar-refractivity contribution < 1.29 is 9.59 Å². The van der Waals surface area contributed by atoms with Crippen molar-refractivity contribution in [2.45, 2.75) is 26.7 Å². The van der Waals surface area contributed by atoms with Gasteiger partial charge in [-0.3, -0.25) is 24.7 Å². The molecule has 0 saturated carbocycles. The molecule has 7 nitrogen and oxygen atoms in total. The second-order valence-corrected chi connectivity index (χ2v) is 7.03. The van der Waals surface area contributed by atoms with E-state index in [0.717, 1.165) is 12.8 Å². The van der Waals surface area contributed by atoms with Crippen LogP contribution in [-0.2, 0) is 9.59 Å². The summed E-state index contributed by atoms with van der Waals surface area (Å²) in [6.45, 7) is 4.95. The number of hydrogen-bond donors (Lipinski definition) is 1. The largest absolute Gasteiger partial charge is 0.300 e. The SMILES string of the molecule is CC(=O)C1CCN(CC(=O)Nn2c(C)nc3sccc3c2=O)CC1. The number of aryl methyl sites for hydroxylation is 1. The number of carbonyl (C=O) groups excluding carboxylic acids is 2. The van der Waals surface area contributed by atoms with Crippen molar-refractivity contribution in [3.63, 3.8) is 0 Å². The molecule has 1 amide bonds. The first kappa shape index (κ1) is 16.8. The molecule has 2 aromatic rings. The molecule has 0 aromatic carbocycles. The highest BCUT2D eigenvalue weighted by molar-refractivity contribution is 7.16. The molecular weight excluding hydrogens is 328 g/mol. The van der Waals surface area contributed by atoms with E-state index in [-0.39, 0.29) is 29.7 Å². The minimum Gasteiger partial charge on any atom is -0.300 e. The second-order valence-electron chi connectivity index (χ2n) is 6.14. The molecule has 0 atom stereocenters. The zero-order chi connectivity index (χ0) is 17.3. The molecule has 1 aliphatic heterocycles. The standard InChI is InChI=1S/C16H20N4O3S/c1-10(21)12-3-6-19(7-4-12)9-14(22)18-20-11(2)17-15-13(16(20)23)5-8-24-15/h5,8,12H,3-4,6-7,9H2,1-2H3,(H,18,22). The highest BCUT2D eigenvalue weighted by Crippen LogP contribution is 2.17. The van der Waals surface area contributed by atoms with Crippen LogP contribution in [-0.4, -0.2) is 45.9 Å². The summed E-state index contributed by atoms with van der Waals surface area (Å²) in [5, 5.41) is 2.32. The van der Waals surface area contributed by atoms with Crippen molar-refractivity contribution >= 4 is 33.2 Å². The fourth-order valence-corrected chi connectivity index (χ4v) is 3.81. The van der Waals surface area contributed by atoms with Crippen LogP contribution in [0.15, 0.2) is 16.2 Å². The maximum Gasteiger partial charge on any atom is 0.281 e. The number of amides is 1. The summed E-state index contributed by atoms with van der Waals surface area (Å²) in [6, 6.07) is 1.71. The number of likely N-dealkylation sites (tertiary alicyclic amines) is 1. The fraction of sp³-hybridized carbons (Fsp3) is 0.500. The van der Waals surface area contributed by atoms with Crippen LogP contribution < -0.4 is 11.0 Å². The molecule has 1 N–H and O–H groups in total. The van der Waals surface area contributed by atoms with E-state index in [1.54, 1.807) is 19.9 Å². The first-order chi connectivity index (χ1) is 11.5. The number of fused-ring (bicyclic) bond motifs is 1. The smallest absolute Gasteiger partial charge is 0.281 e. The van der Waals surface area contributed by atoms with E-state index < -0.39 is 0 Å². The first-order valence-corrected chi connectivity index (χ1v) is 8.83. The van der Waals surface area contributed by atoms with Crippen molar-refractivity contribution in [3.8, 4) is 0 Å². The second kappa shape index (κ2) is 6.82. The van der Waals surface area contributed by atoms with Crippen LogP contribution in [0.5, 0.6) is 0 Å². The molecule has 128 valence electrons. The summed E-state index contributed by atoms with van der Waals surface area (Å²) in [5.74, 6) is 0.534. The van der Waals surface area contributed by atoms with Crippen molar-refractivity contribution in [1.82, 2.24) is 14.6 Å². The van der Waals surface area contributed by atoms with E-state index in [2.05, 4.69) is 10.4 Å². The van der Waals surface area contributed by atoms with Crippen molar-refractivity contribution in [1.29, 1.82) is 0 Å². The number of rotatable bonds is 4. The molecule has 0 radical (unpaired) electrons. The first-order valence-electron chi connectivity index (χ1n) is 7.95. The number of ketones is 1. The number of Topliss-reactive ketones (excluding diaryl/α,β-unsaturated/α-hetero) is 1. The van der Waals surface area contributed by atoms with Crippen LogP contribution in [0.2, 0.25) is 0 Å². The Morgan fingerprint density at radius 1 is 1.38 bits per heavy atom. The lowest BCUT2D eigenvalue weighted by Crippen LogP contribution is -2.44. The number of carbonyl (C=O) groups is 2. The van der Waals surface area contributed by atoms with Gasteiger partial charge in [0.05, 0.1) is 11.9 Å². The molecule has 3 heterocycles. The van der Waals surface area contributed by atoms with Gasteiger partial charge in [-0.2, -0.15) is 0 Å². The van der Waals surface area contributed by atoms with E-state index in [0.29, 0.717) is 29.1 Å². The predicted octanol–water partition coefficient (Wildman–Crippen LogP) is 1.14. The summed E-state index contributed by atoms with van der Waals surface area (Å²) < 4.78 is 1.21. The summed E-state index contributed by atoms with van der Waals surface area (Å²) in [6.07, 6.45) is 1.56. The highest BCUT2D eigenvalue weighted by Gasteiger charge is 2.23. The maximum atomic E-state index is 12.4. The van der Waals surface area contributed by atoms with Gasteiger partial charge in [0.1, 0.15) is 16.4 Å². The number of aromatic nitrogens is 2. The van der Waals surface area contributed by atoms with Gasteiger partial charge in [-0.25, -0.2) is 9.66 Å². The number of thiophene rings is 1. The molecule has 1 aliphatic rings. The molecule has 0 spiro atoms. The van der Waals surface area contributed by atoms with Crippen LogP contribution in [0.25, 0.3) is 10.2 Å². The van der Waals surface area contributed by atoms with Crippen molar-refractivity contribution in [2.24, 2.45) is 5.92 Å². The Balaban J connectivity index is 1.66. The summed E-state index contributed by atoms with van der Waals surface area (Å²) in [4.78, 5) is 43.1. The molecule has 2 aromatic heterocycles. The lowest BCUT2D eigenvalue weighted by molar-refractivity contribution is -0.122. The normalized spacial score (nSPS) is 16.4. The van der Waals surface area contributed by atoms with Gasteiger partial charge in [-0.15, -0.1) is 11.3 Å². The number of piperidine rings is 1. The quantitative estimate of drug-likeness (QED) is 0.896. The average Bonchev–Trinajstić information content (AvgIpc) is 3.00. The molecule has 24 heavy (non-hydrogen) atoms. The minimum atomic E-state index is -0.262. The Labute approximate surface area is 143 Å². The molecule has 0 unspecified atom stereocenters. The minimum absolute atomic E-state index is 0.111. The average molecular weight is 348 g/mol. The lowest BCUT2D eigenvalue weighted by atomic mass is 9.93. The lowest BCUT2D eigenvalue weighted by Gasteiger charge is -2.30. The van der Waals surface area contributed by atoms with Crippen LogP contribution >= 0.6 is 11.3 Å². The van der Waals surface area contributed by atoms with Crippen molar-refractivity contribution in [3.05, 3.63) is 27.6 Å². The summed E-state index contributed by atoms with van der Waals surface area (Å²) in [5.41, 5.74) is 2.38. The Hall–Kier alpha value is -2.06. The molecule has 3 rings (SSSR count). The Morgan fingerprint density at radius 2 is 2.08 bits per heavy atom. The third-order valence-corrected chi connectivity index (χ3v) is 5.24. The van der Waals surface area contributed by atoms with Gasteiger partial charge in [-0.05, 0) is 51.2 Å². The molecule has 1 fully saturated rings. The third-order valence-electron chi connectivity index (χ3n) is 4.43.